The third-order valence-electron chi connectivity index (χ3n) is 3.35. The second kappa shape index (κ2) is 6.31. The first-order valence-corrected chi connectivity index (χ1v) is 6.78. The Labute approximate surface area is 136 Å². The smallest absolute Gasteiger partial charge is 0.374 e. The Kier molecular flexibility index (Phi) is 4.63. The van der Waals surface area contributed by atoms with E-state index in [1.165, 1.54) is 6.07 Å². The lowest BCUT2D eigenvalue weighted by Crippen LogP contribution is -2.25. The molecular weight excluding hydrogens is 322 g/mol. The number of aromatic amines is 1. The number of furan rings is 1. The van der Waals surface area contributed by atoms with Crippen molar-refractivity contribution >= 4 is 45.9 Å². The molecule has 7 nitrogen and oxygen atoms in total. The molecule has 1 aromatic carbocycles. The molecule has 0 saturated heterocycles. The second-order valence-corrected chi connectivity index (χ2v) is 5.19. The first kappa shape index (κ1) is 16.9. The fraction of sp³-hybridized carbons (Fsp3) is 0.200. The monoisotopic (exact) mass is 337 g/mol. The lowest BCUT2D eigenvalue weighted by Gasteiger charge is -2.09. The van der Waals surface area contributed by atoms with Gasteiger partial charge in [0.1, 0.15) is 5.58 Å². The number of hydrogen-bond donors (Lipinski definition) is 4. The maximum atomic E-state index is 11.4. The van der Waals surface area contributed by atoms with Gasteiger partial charge in [-0.2, -0.15) is 0 Å². The molecule has 0 amide bonds. The molecule has 23 heavy (non-hydrogen) atoms. The van der Waals surface area contributed by atoms with E-state index in [0.717, 1.165) is 0 Å². The number of aromatic carboxylic acids is 1. The molecule has 0 bridgehead atoms. The summed E-state index contributed by atoms with van der Waals surface area (Å²) in [5, 5.41) is 13.7. The first-order chi connectivity index (χ1) is 10.5. The predicted octanol–water partition coefficient (Wildman–Crippen LogP) is 2.15. The Balaban J connectivity index is 0.00000192. The molecule has 3 rings (SSSR count). The van der Waals surface area contributed by atoms with Gasteiger partial charge in [0, 0.05) is 29.6 Å². The Morgan fingerprint density at radius 2 is 2.13 bits per heavy atom. The van der Waals surface area contributed by atoms with Crippen molar-refractivity contribution < 1.29 is 14.3 Å². The molecule has 8 heteroatoms. The third-order valence-corrected chi connectivity index (χ3v) is 3.35. The fourth-order valence-corrected chi connectivity index (χ4v) is 2.41. The van der Waals surface area contributed by atoms with Crippen LogP contribution in [0.1, 0.15) is 17.5 Å². The normalized spacial score (nSPS) is 12.1. The molecule has 0 unspecified atom stereocenters. The summed E-state index contributed by atoms with van der Waals surface area (Å²) in [5.74, 6) is -1.34. The molecule has 5 N–H and O–H groups in total. The van der Waals surface area contributed by atoms with Gasteiger partial charge in [-0.25, -0.2) is 4.79 Å². The molecule has 1 atom stereocenters. The van der Waals surface area contributed by atoms with Gasteiger partial charge < -0.3 is 25.6 Å². The van der Waals surface area contributed by atoms with Crippen molar-refractivity contribution in [3.8, 4) is 0 Å². The van der Waals surface area contributed by atoms with Crippen molar-refractivity contribution in [1.82, 2.24) is 4.98 Å². The van der Waals surface area contributed by atoms with Gasteiger partial charge in [0.25, 0.3) is 0 Å². The van der Waals surface area contributed by atoms with E-state index in [1.807, 2.05) is 6.92 Å². The van der Waals surface area contributed by atoms with Gasteiger partial charge in [0.05, 0.1) is 11.1 Å². The summed E-state index contributed by atoms with van der Waals surface area (Å²) < 4.78 is 5.44. The van der Waals surface area contributed by atoms with Crippen molar-refractivity contribution in [2.75, 3.05) is 11.9 Å². The van der Waals surface area contributed by atoms with Crippen molar-refractivity contribution in [3.05, 3.63) is 40.4 Å². The number of aromatic nitrogens is 1. The van der Waals surface area contributed by atoms with Crippen LogP contribution in [0.25, 0.3) is 21.9 Å². The van der Waals surface area contributed by atoms with E-state index < -0.39 is 5.97 Å². The van der Waals surface area contributed by atoms with Gasteiger partial charge in [0.15, 0.2) is 0 Å². The molecule has 3 aromatic rings. The minimum absolute atomic E-state index is 0. The van der Waals surface area contributed by atoms with Crippen LogP contribution in [0.2, 0.25) is 0 Å². The second-order valence-electron chi connectivity index (χ2n) is 5.19. The molecule has 122 valence electrons. The van der Waals surface area contributed by atoms with Crippen molar-refractivity contribution in [2.45, 2.75) is 13.0 Å². The molecule has 2 aromatic heterocycles. The fourth-order valence-electron chi connectivity index (χ4n) is 2.41. The molecule has 0 aliphatic carbocycles. The third kappa shape index (κ3) is 3.01. The molecule has 0 fully saturated rings. The number of benzene rings is 1. The quantitative estimate of drug-likeness (QED) is 0.578. The number of nitrogens with two attached hydrogens (primary N) is 1. The van der Waals surface area contributed by atoms with E-state index in [-0.39, 0.29) is 29.8 Å². The topological polar surface area (TPSA) is 121 Å². The van der Waals surface area contributed by atoms with Crippen molar-refractivity contribution in [1.29, 1.82) is 0 Å². The number of carbonyl (C=O) groups is 1. The Morgan fingerprint density at radius 3 is 2.78 bits per heavy atom. The first-order valence-electron chi connectivity index (χ1n) is 6.78. The zero-order valence-corrected chi connectivity index (χ0v) is 13.1. The van der Waals surface area contributed by atoms with Crippen LogP contribution in [0.15, 0.2) is 33.5 Å². The minimum Gasteiger partial charge on any atom is -0.475 e. The van der Waals surface area contributed by atoms with Crippen LogP contribution in [-0.4, -0.2) is 28.6 Å². The summed E-state index contributed by atoms with van der Waals surface area (Å²) in [5.41, 5.74) is 6.92. The highest BCUT2D eigenvalue weighted by atomic mass is 35.5. The zero-order chi connectivity index (χ0) is 15.9. The molecule has 0 aliphatic heterocycles. The molecular formula is C15H16ClN3O4. The van der Waals surface area contributed by atoms with E-state index in [0.29, 0.717) is 34.1 Å². The molecule has 0 saturated carbocycles. The van der Waals surface area contributed by atoms with Crippen LogP contribution >= 0.6 is 12.4 Å². The van der Waals surface area contributed by atoms with E-state index >= 15 is 0 Å². The summed E-state index contributed by atoms with van der Waals surface area (Å²) in [6.45, 7) is 2.21. The van der Waals surface area contributed by atoms with Crippen LogP contribution in [-0.2, 0) is 0 Å². The average molecular weight is 338 g/mol. The van der Waals surface area contributed by atoms with Crippen molar-refractivity contribution in [2.24, 2.45) is 5.73 Å². The number of H-pyrrole nitrogens is 1. The highest BCUT2D eigenvalue weighted by molar-refractivity contribution is 6.15. The maximum Gasteiger partial charge on any atom is 0.374 e. The lowest BCUT2D eigenvalue weighted by atomic mass is 10.1. The number of carboxylic acid groups (broad SMARTS) is 1. The Morgan fingerprint density at radius 1 is 1.39 bits per heavy atom. The van der Waals surface area contributed by atoms with Crippen LogP contribution in [0.5, 0.6) is 0 Å². The maximum absolute atomic E-state index is 11.4. The number of nitrogens with one attached hydrogen (secondary N) is 2. The van der Waals surface area contributed by atoms with E-state index in [2.05, 4.69) is 10.3 Å². The number of anilines is 1. The number of halogens is 1. The van der Waals surface area contributed by atoms with Gasteiger partial charge in [-0.3, -0.25) is 4.79 Å². The Hall–Kier alpha value is -2.51. The Bertz CT molecular complexity index is 930. The van der Waals surface area contributed by atoms with Gasteiger partial charge in [0.2, 0.25) is 11.3 Å². The zero-order valence-electron chi connectivity index (χ0n) is 12.3. The van der Waals surface area contributed by atoms with Crippen LogP contribution < -0.4 is 16.6 Å². The number of hydrogen-bond acceptors (Lipinski definition) is 5. The summed E-state index contributed by atoms with van der Waals surface area (Å²) in [6.07, 6.45) is 0. The summed E-state index contributed by atoms with van der Waals surface area (Å²) in [7, 11) is 0. The van der Waals surface area contributed by atoms with Gasteiger partial charge in [-0.15, -0.1) is 12.4 Å². The molecule has 2 heterocycles. The van der Waals surface area contributed by atoms with Crippen molar-refractivity contribution in [3.63, 3.8) is 0 Å². The van der Waals surface area contributed by atoms with E-state index in [9.17, 15) is 14.7 Å². The van der Waals surface area contributed by atoms with E-state index in [4.69, 9.17) is 10.2 Å². The standard InChI is InChI=1S/C15H15N3O4.ClH/c1-7(16)6-17-13-12-8-2-5-11(19)18-9(8)3-4-10(12)22-14(13)15(20)21;/h2-5,7,17H,6,16H2,1H3,(H,18,19)(H,20,21);1H/t7-;/m1./s1. The highest BCUT2D eigenvalue weighted by Crippen LogP contribution is 2.35. The number of rotatable bonds is 4. The molecule has 0 aliphatic rings. The highest BCUT2D eigenvalue weighted by Gasteiger charge is 2.21. The SMILES string of the molecule is C[C@@H](N)CNc1c(C(=O)O)oc2ccc3[nH]c(=O)ccc3c12.Cl. The van der Waals surface area contributed by atoms with Crippen LogP contribution in [0.4, 0.5) is 5.69 Å². The van der Waals surface area contributed by atoms with Crippen LogP contribution in [0.3, 0.4) is 0 Å². The average Bonchev–Trinajstić information content (AvgIpc) is 2.83. The van der Waals surface area contributed by atoms with E-state index in [1.54, 1.807) is 18.2 Å². The van der Waals surface area contributed by atoms with Gasteiger partial charge in [-0.05, 0) is 25.1 Å². The number of pyridine rings is 1. The molecule has 0 spiro atoms. The van der Waals surface area contributed by atoms with Gasteiger partial charge in [-0.1, -0.05) is 0 Å². The summed E-state index contributed by atoms with van der Waals surface area (Å²) >= 11 is 0. The molecule has 0 radical (unpaired) electrons. The number of carboxylic acids is 1. The van der Waals surface area contributed by atoms with Crippen LogP contribution in [0, 0.1) is 0 Å². The lowest BCUT2D eigenvalue weighted by molar-refractivity contribution is 0.0666. The minimum atomic E-state index is -1.17. The van der Waals surface area contributed by atoms with Gasteiger partial charge >= 0.3 is 5.97 Å². The number of fused-ring (bicyclic) bond motifs is 3. The largest absolute Gasteiger partial charge is 0.475 e. The summed E-state index contributed by atoms with van der Waals surface area (Å²) in [4.78, 5) is 25.5. The predicted molar refractivity (Wildman–Crippen MR) is 90.7 cm³/mol. The summed E-state index contributed by atoms with van der Waals surface area (Å²) in [6, 6.07) is 6.21.